The second-order valence-corrected chi connectivity index (χ2v) is 5.93. The van der Waals surface area contributed by atoms with Gasteiger partial charge in [0.25, 0.3) is 0 Å². The maximum Gasteiger partial charge on any atom is 0.424 e. The molecule has 0 radical (unpaired) electrons. The third kappa shape index (κ3) is 3.36. The van der Waals surface area contributed by atoms with Crippen LogP contribution in [0, 0.1) is 0 Å². The Hall–Kier alpha value is -0.880. The summed E-state index contributed by atoms with van der Waals surface area (Å²) >= 11 is 3.26. The molecule has 0 spiro atoms. The molecule has 0 aliphatic rings. The van der Waals surface area contributed by atoms with E-state index in [0.717, 1.165) is 0 Å². The summed E-state index contributed by atoms with van der Waals surface area (Å²) in [5.41, 5.74) is -3.77. The van der Waals surface area contributed by atoms with Crippen molar-refractivity contribution >= 4 is 22.2 Å². The van der Waals surface area contributed by atoms with Crippen molar-refractivity contribution in [2.45, 2.75) is 37.5 Å². The van der Waals surface area contributed by atoms with Crippen LogP contribution in [-0.2, 0) is 10.2 Å². The van der Waals surface area contributed by atoms with Crippen LogP contribution in [0.2, 0.25) is 0 Å². The number of alkyl halides is 3. The molecule has 19 heavy (non-hydrogen) atoms. The zero-order valence-corrected chi connectivity index (χ0v) is 12.0. The van der Waals surface area contributed by atoms with Gasteiger partial charge in [-0.1, -0.05) is 48.0 Å². The van der Waals surface area contributed by atoms with E-state index in [9.17, 15) is 23.1 Å². The van der Waals surface area contributed by atoms with E-state index in [-0.39, 0.29) is 0 Å². The summed E-state index contributed by atoms with van der Waals surface area (Å²) in [6.07, 6.45) is -6.17. The minimum atomic E-state index is -4.99. The Kier molecular flexibility index (Phi) is 4.47. The standard InChI is InChI=1S/C13H14BrF3O2/c1-11(2,9-5-3-4-6-10(9)14)7-12(19,8-18)13(15,16)17/h3-6,8,19H,7H2,1-2H3/t12-/m0/s1. The van der Waals surface area contributed by atoms with Crippen molar-refractivity contribution in [3.8, 4) is 0 Å². The third-order valence-electron chi connectivity index (χ3n) is 3.00. The van der Waals surface area contributed by atoms with Gasteiger partial charge in [0.05, 0.1) is 0 Å². The quantitative estimate of drug-likeness (QED) is 0.851. The summed E-state index contributed by atoms with van der Waals surface area (Å²) in [6, 6.07) is 6.78. The highest BCUT2D eigenvalue weighted by atomic mass is 79.9. The van der Waals surface area contributed by atoms with Gasteiger partial charge >= 0.3 is 6.18 Å². The Bertz CT molecular complexity index is 471. The van der Waals surface area contributed by atoms with Gasteiger partial charge in [0, 0.05) is 10.9 Å². The lowest BCUT2D eigenvalue weighted by Gasteiger charge is -2.34. The monoisotopic (exact) mass is 338 g/mol. The first kappa shape index (κ1) is 16.2. The molecule has 1 rings (SSSR count). The lowest BCUT2D eigenvalue weighted by atomic mass is 9.75. The van der Waals surface area contributed by atoms with E-state index in [1.165, 1.54) is 0 Å². The lowest BCUT2D eigenvalue weighted by molar-refractivity contribution is -0.250. The molecule has 0 aromatic heterocycles. The molecular formula is C13H14BrF3O2. The molecule has 0 amide bonds. The zero-order valence-electron chi connectivity index (χ0n) is 10.5. The number of hydrogen-bond acceptors (Lipinski definition) is 2. The molecule has 2 nitrogen and oxygen atoms in total. The first-order valence-corrected chi connectivity index (χ1v) is 6.33. The van der Waals surface area contributed by atoms with Crippen molar-refractivity contribution in [1.29, 1.82) is 0 Å². The molecule has 106 valence electrons. The van der Waals surface area contributed by atoms with Crippen LogP contribution in [-0.4, -0.2) is 23.2 Å². The average molecular weight is 339 g/mol. The molecule has 1 aromatic carbocycles. The smallest absolute Gasteiger partial charge is 0.374 e. The topological polar surface area (TPSA) is 37.3 Å². The molecule has 1 aromatic rings. The van der Waals surface area contributed by atoms with Gasteiger partial charge in [-0.2, -0.15) is 13.2 Å². The van der Waals surface area contributed by atoms with Gasteiger partial charge in [0.2, 0.25) is 5.60 Å². The van der Waals surface area contributed by atoms with Crippen molar-refractivity contribution < 1.29 is 23.1 Å². The maximum atomic E-state index is 12.8. The molecule has 0 fully saturated rings. The number of aldehydes is 1. The number of carbonyl (C=O) groups is 1. The van der Waals surface area contributed by atoms with Crippen LogP contribution in [0.4, 0.5) is 13.2 Å². The summed E-state index contributed by atoms with van der Waals surface area (Å²) in [7, 11) is 0. The van der Waals surface area contributed by atoms with Crippen molar-refractivity contribution in [3.05, 3.63) is 34.3 Å². The van der Waals surface area contributed by atoms with Crippen molar-refractivity contribution in [2.24, 2.45) is 0 Å². The summed E-state index contributed by atoms with van der Waals surface area (Å²) in [6.45, 7) is 3.10. The number of halogens is 4. The van der Waals surface area contributed by atoms with E-state index in [1.54, 1.807) is 38.1 Å². The molecule has 0 bridgehead atoms. The predicted octanol–water partition coefficient (Wildman–Crippen LogP) is 3.61. The van der Waals surface area contributed by atoms with E-state index in [2.05, 4.69) is 15.9 Å². The van der Waals surface area contributed by atoms with Gasteiger partial charge in [-0.25, -0.2) is 0 Å². The van der Waals surface area contributed by atoms with E-state index in [1.807, 2.05) is 0 Å². The fourth-order valence-electron chi connectivity index (χ4n) is 1.99. The van der Waals surface area contributed by atoms with Crippen LogP contribution in [0.25, 0.3) is 0 Å². The normalized spacial score (nSPS) is 15.9. The molecule has 6 heteroatoms. The minimum absolute atomic E-state index is 0.439. The summed E-state index contributed by atoms with van der Waals surface area (Å²) in [5.74, 6) is 0. The summed E-state index contributed by atoms with van der Waals surface area (Å²) in [4.78, 5) is 10.7. The number of hydrogen-bond donors (Lipinski definition) is 1. The van der Waals surface area contributed by atoms with Gasteiger partial charge < -0.3 is 5.11 Å². The molecule has 0 aliphatic carbocycles. The Labute approximate surface area is 117 Å². The van der Waals surface area contributed by atoms with Crippen molar-refractivity contribution in [3.63, 3.8) is 0 Å². The average Bonchev–Trinajstić information content (AvgIpc) is 2.27. The second kappa shape index (κ2) is 5.25. The minimum Gasteiger partial charge on any atom is -0.374 e. The van der Waals surface area contributed by atoms with Gasteiger partial charge in [0.1, 0.15) is 0 Å². The van der Waals surface area contributed by atoms with Gasteiger partial charge in [0.15, 0.2) is 6.29 Å². The molecule has 0 unspecified atom stereocenters. The van der Waals surface area contributed by atoms with Crippen LogP contribution >= 0.6 is 15.9 Å². The molecule has 1 atom stereocenters. The highest BCUT2D eigenvalue weighted by molar-refractivity contribution is 9.10. The fraction of sp³-hybridized carbons (Fsp3) is 0.462. The van der Waals surface area contributed by atoms with Crippen LogP contribution in [0.5, 0.6) is 0 Å². The molecule has 0 aliphatic heterocycles. The first-order chi connectivity index (χ1) is 8.53. The highest BCUT2D eigenvalue weighted by Crippen LogP contribution is 2.41. The first-order valence-electron chi connectivity index (χ1n) is 5.54. The van der Waals surface area contributed by atoms with E-state index in [4.69, 9.17) is 0 Å². The van der Waals surface area contributed by atoms with Crippen LogP contribution in [0.3, 0.4) is 0 Å². The maximum absolute atomic E-state index is 12.8. The van der Waals surface area contributed by atoms with E-state index < -0.39 is 29.9 Å². The molecule has 0 heterocycles. The van der Waals surface area contributed by atoms with Crippen LogP contribution in [0.1, 0.15) is 25.8 Å². The summed E-state index contributed by atoms with van der Waals surface area (Å²) < 4.78 is 38.9. The molecule has 1 N–H and O–H groups in total. The molecule has 0 saturated heterocycles. The van der Waals surface area contributed by atoms with E-state index >= 15 is 0 Å². The van der Waals surface area contributed by atoms with Crippen LogP contribution < -0.4 is 0 Å². The largest absolute Gasteiger partial charge is 0.424 e. The van der Waals surface area contributed by atoms with Gasteiger partial charge in [-0.3, -0.25) is 4.79 Å². The number of aliphatic hydroxyl groups is 1. The van der Waals surface area contributed by atoms with E-state index in [0.29, 0.717) is 10.0 Å². The Morgan fingerprint density at radius 1 is 1.26 bits per heavy atom. The summed E-state index contributed by atoms with van der Waals surface area (Å²) in [5, 5.41) is 9.54. The lowest BCUT2D eigenvalue weighted by Crippen LogP contribution is -2.50. The van der Waals surface area contributed by atoms with Crippen LogP contribution in [0.15, 0.2) is 28.7 Å². The zero-order chi connectivity index (χ0) is 14.9. The molecule has 0 saturated carbocycles. The Morgan fingerprint density at radius 3 is 2.21 bits per heavy atom. The fourth-order valence-corrected chi connectivity index (χ4v) is 2.81. The van der Waals surface area contributed by atoms with Crippen molar-refractivity contribution in [1.82, 2.24) is 0 Å². The number of carbonyl (C=O) groups excluding carboxylic acids is 1. The van der Waals surface area contributed by atoms with Gasteiger partial charge in [-0.05, 0) is 17.0 Å². The third-order valence-corrected chi connectivity index (χ3v) is 3.69. The number of benzene rings is 1. The Morgan fingerprint density at radius 2 is 1.79 bits per heavy atom. The predicted molar refractivity (Wildman–Crippen MR) is 68.9 cm³/mol. The molecular weight excluding hydrogens is 325 g/mol. The highest BCUT2D eigenvalue weighted by Gasteiger charge is 2.56. The number of rotatable bonds is 4. The SMILES string of the molecule is CC(C)(C[C@](O)(C=O)C(F)(F)F)c1ccccc1Br. The van der Waals surface area contributed by atoms with Crippen molar-refractivity contribution in [2.75, 3.05) is 0 Å². The van der Waals surface area contributed by atoms with Gasteiger partial charge in [-0.15, -0.1) is 0 Å². The Balaban J connectivity index is 3.16. The second-order valence-electron chi connectivity index (χ2n) is 5.08.